The van der Waals surface area contributed by atoms with E-state index < -0.39 is 0 Å². The van der Waals surface area contributed by atoms with Crippen molar-refractivity contribution in [3.8, 4) is 5.75 Å². The summed E-state index contributed by atoms with van der Waals surface area (Å²) in [6, 6.07) is 17.4. The van der Waals surface area contributed by atoms with E-state index in [2.05, 4.69) is 35.3 Å². The molecule has 0 fully saturated rings. The smallest absolute Gasteiger partial charge is 0.124 e. The number of hydrogen-bond acceptors (Lipinski definition) is 3. The lowest BCUT2D eigenvalue weighted by atomic mass is 10.0. The molecule has 0 radical (unpaired) electrons. The zero-order valence-corrected chi connectivity index (χ0v) is 14.8. The second-order valence-corrected chi connectivity index (χ2v) is 5.99. The summed E-state index contributed by atoms with van der Waals surface area (Å²) in [5, 5.41) is 18.0. The molecule has 0 heterocycles. The largest absolute Gasteiger partial charge is 0.507 e. The van der Waals surface area contributed by atoms with E-state index in [1.54, 1.807) is 24.4 Å². The number of hydrogen-bond donors (Lipinski definition) is 1. The second kappa shape index (κ2) is 11.0. The lowest BCUT2D eigenvalue weighted by molar-refractivity contribution is 0.474. The first-order valence-corrected chi connectivity index (χ1v) is 8.89. The minimum absolute atomic E-state index is 0.209. The van der Waals surface area contributed by atoms with Gasteiger partial charge in [0, 0.05) is 5.56 Å². The van der Waals surface area contributed by atoms with Crippen LogP contribution in [-0.4, -0.2) is 17.5 Å². The molecule has 3 heteroatoms. The Morgan fingerprint density at radius 1 is 0.920 bits per heavy atom. The Bertz CT molecular complexity index is 718. The maximum Gasteiger partial charge on any atom is 0.124 e. The van der Waals surface area contributed by atoms with Gasteiger partial charge < -0.3 is 5.11 Å². The fourth-order valence-electron chi connectivity index (χ4n) is 2.49. The summed E-state index contributed by atoms with van der Waals surface area (Å²) < 4.78 is 0. The van der Waals surface area contributed by atoms with Crippen molar-refractivity contribution in [1.29, 1.82) is 0 Å². The minimum Gasteiger partial charge on any atom is -0.507 e. The van der Waals surface area contributed by atoms with Crippen LogP contribution in [0.2, 0.25) is 0 Å². The Balaban J connectivity index is 2.04. The van der Waals surface area contributed by atoms with E-state index in [0.29, 0.717) is 5.56 Å². The molecule has 1 N–H and O–H groups in total. The number of unbranched alkanes of at least 4 members (excludes halogenated alkanes) is 3. The SMILES string of the molecule is CCCCCCC(/C=N\N=C\c1ccccc1O)=C/c1ccccc1. The lowest BCUT2D eigenvalue weighted by Gasteiger charge is -2.02. The molecule has 0 aliphatic rings. The number of benzene rings is 2. The number of aromatic hydroxyl groups is 1. The van der Waals surface area contributed by atoms with E-state index in [-0.39, 0.29) is 5.75 Å². The van der Waals surface area contributed by atoms with Gasteiger partial charge in [-0.2, -0.15) is 10.2 Å². The van der Waals surface area contributed by atoms with Crippen LogP contribution in [-0.2, 0) is 0 Å². The zero-order chi connectivity index (χ0) is 17.7. The van der Waals surface area contributed by atoms with Crippen molar-refractivity contribution in [3.63, 3.8) is 0 Å². The minimum atomic E-state index is 0.209. The van der Waals surface area contributed by atoms with E-state index in [0.717, 1.165) is 18.4 Å². The van der Waals surface area contributed by atoms with Gasteiger partial charge in [-0.1, -0.05) is 74.7 Å². The van der Waals surface area contributed by atoms with Crippen LogP contribution in [0.3, 0.4) is 0 Å². The van der Waals surface area contributed by atoms with Crippen LogP contribution in [0.4, 0.5) is 0 Å². The predicted octanol–water partition coefficient (Wildman–Crippen LogP) is 5.85. The van der Waals surface area contributed by atoms with Crippen LogP contribution in [0.1, 0.15) is 50.2 Å². The Morgan fingerprint density at radius 2 is 1.68 bits per heavy atom. The van der Waals surface area contributed by atoms with Gasteiger partial charge in [-0.15, -0.1) is 0 Å². The van der Waals surface area contributed by atoms with Crippen LogP contribution < -0.4 is 0 Å². The molecule has 0 aliphatic carbocycles. The molecule has 130 valence electrons. The van der Waals surface area contributed by atoms with E-state index >= 15 is 0 Å². The maximum atomic E-state index is 9.73. The number of phenolic OH excluding ortho intramolecular Hbond substituents is 1. The molecule has 2 aromatic rings. The predicted molar refractivity (Wildman–Crippen MR) is 107 cm³/mol. The van der Waals surface area contributed by atoms with Gasteiger partial charge in [0.2, 0.25) is 0 Å². The highest BCUT2D eigenvalue weighted by Gasteiger charge is 1.97. The van der Waals surface area contributed by atoms with Gasteiger partial charge >= 0.3 is 0 Å². The normalized spacial score (nSPS) is 12.3. The highest BCUT2D eigenvalue weighted by molar-refractivity contribution is 5.87. The molecule has 0 saturated heterocycles. The first-order valence-electron chi connectivity index (χ1n) is 8.89. The van der Waals surface area contributed by atoms with Gasteiger partial charge in [-0.25, -0.2) is 0 Å². The van der Waals surface area contributed by atoms with Gasteiger partial charge in [0.1, 0.15) is 5.75 Å². The molecule has 2 aromatic carbocycles. The van der Waals surface area contributed by atoms with Crippen LogP contribution in [0.25, 0.3) is 6.08 Å². The van der Waals surface area contributed by atoms with Crippen molar-refractivity contribution in [2.45, 2.75) is 39.0 Å². The number of nitrogens with zero attached hydrogens (tertiary/aromatic N) is 2. The Labute approximate surface area is 150 Å². The quantitative estimate of drug-likeness (QED) is 0.349. The van der Waals surface area contributed by atoms with Gasteiger partial charge in [-0.3, -0.25) is 0 Å². The lowest BCUT2D eigenvalue weighted by Crippen LogP contribution is -1.88. The summed E-state index contributed by atoms with van der Waals surface area (Å²) in [7, 11) is 0. The van der Waals surface area contributed by atoms with Crippen molar-refractivity contribution in [3.05, 3.63) is 71.3 Å². The Hall–Kier alpha value is -2.68. The topological polar surface area (TPSA) is 45.0 Å². The Kier molecular flexibility index (Phi) is 8.19. The highest BCUT2D eigenvalue weighted by atomic mass is 16.3. The molecular formula is C22H26N2O. The third kappa shape index (κ3) is 7.17. The van der Waals surface area contributed by atoms with Crippen molar-refractivity contribution < 1.29 is 5.11 Å². The van der Waals surface area contributed by atoms with E-state index in [9.17, 15) is 5.11 Å². The third-order valence-electron chi connectivity index (χ3n) is 3.89. The molecule has 2 rings (SSSR count). The Morgan fingerprint density at radius 3 is 2.44 bits per heavy atom. The summed E-state index contributed by atoms with van der Waals surface area (Å²) in [6.07, 6.45) is 11.4. The fourth-order valence-corrected chi connectivity index (χ4v) is 2.49. The van der Waals surface area contributed by atoms with E-state index in [1.807, 2.05) is 30.5 Å². The maximum absolute atomic E-state index is 9.73. The molecule has 0 bridgehead atoms. The molecule has 0 amide bonds. The molecule has 0 spiro atoms. The van der Waals surface area contributed by atoms with Crippen LogP contribution >= 0.6 is 0 Å². The molecular weight excluding hydrogens is 308 g/mol. The van der Waals surface area contributed by atoms with Crippen LogP contribution in [0.5, 0.6) is 5.75 Å². The van der Waals surface area contributed by atoms with Crippen LogP contribution in [0.15, 0.2) is 70.4 Å². The van der Waals surface area contributed by atoms with Gasteiger partial charge in [0.15, 0.2) is 0 Å². The average molecular weight is 334 g/mol. The van der Waals surface area contributed by atoms with Gasteiger partial charge in [0.25, 0.3) is 0 Å². The van der Waals surface area contributed by atoms with Gasteiger partial charge in [0.05, 0.1) is 12.4 Å². The number of para-hydroxylation sites is 1. The fraction of sp³-hybridized carbons (Fsp3) is 0.273. The van der Waals surface area contributed by atoms with E-state index in [1.165, 1.54) is 24.8 Å². The molecule has 0 aliphatic heterocycles. The van der Waals surface area contributed by atoms with E-state index in [4.69, 9.17) is 0 Å². The zero-order valence-electron chi connectivity index (χ0n) is 14.8. The highest BCUT2D eigenvalue weighted by Crippen LogP contribution is 2.14. The summed E-state index contributed by atoms with van der Waals surface area (Å²) in [5.74, 6) is 0.209. The standard InChI is InChI=1S/C22H26N2O/c1-2-3-4-6-13-20(16-19-11-7-5-8-12-19)17-23-24-18-21-14-9-10-15-22(21)25/h5,7-12,14-18,25H,2-4,6,13H2,1H3/b20-16-,23-17-,24-18+. The molecule has 0 saturated carbocycles. The number of phenols is 1. The summed E-state index contributed by atoms with van der Waals surface area (Å²) in [5.41, 5.74) is 3.00. The summed E-state index contributed by atoms with van der Waals surface area (Å²) in [6.45, 7) is 2.22. The monoisotopic (exact) mass is 334 g/mol. The van der Waals surface area contributed by atoms with Crippen molar-refractivity contribution in [2.24, 2.45) is 10.2 Å². The first-order chi connectivity index (χ1) is 12.3. The first kappa shape index (κ1) is 18.7. The van der Waals surface area contributed by atoms with Crippen molar-refractivity contribution >= 4 is 18.5 Å². The van der Waals surface area contributed by atoms with Crippen LogP contribution in [0, 0.1) is 0 Å². The molecule has 0 atom stereocenters. The van der Waals surface area contributed by atoms with Gasteiger partial charge in [-0.05, 0) is 36.1 Å². The molecule has 0 unspecified atom stereocenters. The average Bonchev–Trinajstić information content (AvgIpc) is 2.64. The van der Waals surface area contributed by atoms with Crippen molar-refractivity contribution in [1.82, 2.24) is 0 Å². The second-order valence-electron chi connectivity index (χ2n) is 5.99. The molecule has 3 nitrogen and oxygen atoms in total. The van der Waals surface area contributed by atoms with Crippen molar-refractivity contribution in [2.75, 3.05) is 0 Å². The number of rotatable bonds is 9. The molecule has 25 heavy (non-hydrogen) atoms. The molecule has 0 aromatic heterocycles. The number of allylic oxidation sites excluding steroid dienone is 1. The summed E-state index contributed by atoms with van der Waals surface area (Å²) >= 11 is 0. The third-order valence-corrected chi connectivity index (χ3v) is 3.89. The summed E-state index contributed by atoms with van der Waals surface area (Å²) in [4.78, 5) is 0.